The molecule has 4 heteroatoms. The Morgan fingerprint density at radius 1 is 1.41 bits per heavy atom. The van der Waals surface area contributed by atoms with Crippen LogP contribution in [0, 0.1) is 5.92 Å². The first-order valence-electron chi connectivity index (χ1n) is 6.70. The Bertz CT molecular complexity index is 246. The summed E-state index contributed by atoms with van der Waals surface area (Å²) in [6.45, 7) is 4.15. The molecule has 1 atom stereocenters. The second-order valence-corrected chi connectivity index (χ2v) is 5.58. The maximum absolute atomic E-state index is 11.9. The number of rotatable bonds is 5. The topological polar surface area (TPSA) is 75.3 Å². The summed E-state index contributed by atoms with van der Waals surface area (Å²) < 4.78 is 0. The van der Waals surface area contributed by atoms with E-state index in [4.69, 9.17) is 5.73 Å². The van der Waals surface area contributed by atoms with E-state index in [0.717, 1.165) is 32.1 Å². The van der Waals surface area contributed by atoms with Gasteiger partial charge in [0.05, 0.1) is 5.60 Å². The fourth-order valence-corrected chi connectivity index (χ4v) is 2.43. The number of carbonyl (C=O) groups excluding carboxylic acids is 1. The molecule has 0 aromatic carbocycles. The lowest BCUT2D eigenvalue weighted by molar-refractivity contribution is -0.127. The molecule has 0 aromatic heterocycles. The van der Waals surface area contributed by atoms with Crippen molar-refractivity contribution < 1.29 is 9.90 Å². The van der Waals surface area contributed by atoms with Crippen LogP contribution in [0.4, 0.5) is 0 Å². The van der Waals surface area contributed by atoms with Crippen LogP contribution in [0.25, 0.3) is 0 Å². The zero-order chi connectivity index (χ0) is 12.9. The molecule has 4 nitrogen and oxygen atoms in total. The molecule has 0 bridgehead atoms. The molecule has 0 spiro atoms. The van der Waals surface area contributed by atoms with Gasteiger partial charge in [-0.2, -0.15) is 0 Å². The summed E-state index contributed by atoms with van der Waals surface area (Å²) in [5.74, 6) is 0.167. The molecule has 1 aliphatic rings. The van der Waals surface area contributed by atoms with E-state index >= 15 is 0 Å². The zero-order valence-corrected chi connectivity index (χ0v) is 11.0. The van der Waals surface area contributed by atoms with Crippen molar-refractivity contribution in [3.05, 3.63) is 0 Å². The van der Waals surface area contributed by atoms with Crippen LogP contribution in [0.5, 0.6) is 0 Å². The van der Waals surface area contributed by atoms with Crippen molar-refractivity contribution in [3.8, 4) is 0 Å². The fraction of sp³-hybridized carbons (Fsp3) is 0.923. The average molecular weight is 242 g/mol. The summed E-state index contributed by atoms with van der Waals surface area (Å²) in [6.07, 6.45) is 5.25. The highest BCUT2D eigenvalue weighted by molar-refractivity contribution is 5.78. The number of hydrogen-bond acceptors (Lipinski definition) is 3. The largest absolute Gasteiger partial charge is 0.388 e. The van der Waals surface area contributed by atoms with Crippen LogP contribution in [0.2, 0.25) is 0 Å². The van der Waals surface area contributed by atoms with Crippen LogP contribution in [-0.4, -0.2) is 29.2 Å². The van der Waals surface area contributed by atoms with E-state index in [1.54, 1.807) is 6.92 Å². The monoisotopic (exact) mass is 242 g/mol. The van der Waals surface area contributed by atoms with Crippen molar-refractivity contribution >= 4 is 5.91 Å². The molecule has 1 aliphatic carbocycles. The third-order valence-electron chi connectivity index (χ3n) is 3.57. The molecule has 4 N–H and O–H groups in total. The number of aliphatic hydroxyl groups is 1. The zero-order valence-electron chi connectivity index (χ0n) is 11.0. The molecule has 17 heavy (non-hydrogen) atoms. The van der Waals surface area contributed by atoms with Crippen LogP contribution in [0.1, 0.15) is 52.4 Å². The molecule has 1 amide bonds. The van der Waals surface area contributed by atoms with Crippen LogP contribution >= 0.6 is 0 Å². The van der Waals surface area contributed by atoms with Gasteiger partial charge in [0.15, 0.2) is 0 Å². The number of nitrogens with one attached hydrogen (secondary N) is 1. The van der Waals surface area contributed by atoms with Crippen LogP contribution in [-0.2, 0) is 4.79 Å². The standard InChI is InChI=1S/C13H26N2O2/c1-3-8-13(2,17)9-15-12(16)10-4-6-11(14)7-5-10/h10-11,17H,3-9,14H2,1-2H3,(H,15,16). The van der Waals surface area contributed by atoms with Gasteiger partial charge in [0, 0.05) is 18.5 Å². The molecule has 0 saturated heterocycles. The molecule has 1 fully saturated rings. The van der Waals surface area contributed by atoms with Gasteiger partial charge in [0.25, 0.3) is 0 Å². The lowest BCUT2D eigenvalue weighted by Gasteiger charge is -2.28. The first kappa shape index (κ1) is 14.5. The van der Waals surface area contributed by atoms with Gasteiger partial charge in [0.1, 0.15) is 0 Å². The van der Waals surface area contributed by atoms with E-state index in [2.05, 4.69) is 5.32 Å². The molecule has 0 heterocycles. The summed E-state index contributed by atoms with van der Waals surface area (Å²) in [5.41, 5.74) is 5.03. The molecule has 0 aromatic rings. The summed E-state index contributed by atoms with van der Waals surface area (Å²) in [7, 11) is 0. The number of hydrogen-bond donors (Lipinski definition) is 3. The highest BCUT2D eigenvalue weighted by Gasteiger charge is 2.26. The Morgan fingerprint density at radius 2 is 2.00 bits per heavy atom. The Balaban J connectivity index is 2.29. The molecule has 100 valence electrons. The van der Waals surface area contributed by atoms with Crippen LogP contribution in [0.15, 0.2) is 0 Å². The Labute approximate surface area is 104 Å². The lowest BCUT2D eigenvalue weighted by Crippen LogP contribution is -2.44. The van der Waals surface area contributed by atoms with Crippen molar-refractivity contribution in [1.82, 2.24) is 5.32 Å². The Hall–Kier alpha value is -0.610. The van der Waals surface area contributed by atoms with Gasteiger partial charge in [-0.15, -0.1) is 0 Å². The van der Waals surface area contributed by atoms with Gasteiger partial charge in [-0.1, -0.05) is 13.3 Å². The van der Waals surface area contributed by atoms with E-state index in [0.29, 0.717) is 13.0 Å². The second kappa shape index (κ2) is 6.36. The van der Waals surface area contributed by atoms with Crippen molar-refractivity contribution in [2.24, 2.45) is 11.7 Å². The van der Waals surface area contributed by atoms with Crippen molar-refractivity contribution in [2.45, 2.75) is 64.0 Å². The van der Waals surface area contributed by atoms with E-state index in [9.17, 15) is 9.90 Å². The third kappa shape index (κ3) is 5.04. The van der Waals surface area contributed by atoms with Crippen LogP contribution in [0.3, 0.4) is 0 Å². The first-order valence-corrected chi connectivity index (χ1v) is 6.70. The highest BCUT2D eigenvalue weighted by atomic mass is 16.3. The van der Waals surface area contributed by atoms with E-state index in [-0.39, 0.29) is 17.9 Å². The van der Waals surface area contributed by atoms with Gasteiger partial charge >= 0.3 is 0 Å². The predicted octanol–water partition coefficient (Wildman–Crippen LogP) is 1.17. The SMILES string of the molecule is CCCC(C)(O)CNC(=O)C1CCC(N)CC1. The van der Waals surface area contributed by atoms with E-state index < -0.39 is 5.60 Å². The Morgan fingerprint density at radius 3 is 2.53 bits per heavy atom. The quantitative estimate of drug-likeness (QED) is 0.677. The summed E-state index contributed by atoms with van der Waals surface area (Å²) in [6, 6.07) is 0.266. The molecule has 1 rings (SSSR count). The lowest BCUT2D eigenvalue weighted by atomic mass is 9.86. The predicted molar refractivity (Wildman–Crippen MR) is 68.5 cm³/mol. The summed E-state index contributed by atoms with van der Waals surface area (Å²) in [4.78, 5) is 11.9. The molecular formula is C13H26N2O2. The molecule has 0 aliphatic heterocycles. The van der Waals surface area contributed by atoms with Gasteiger partial charge in [-0.25, -0.2) is 0 Å². The average Bonchev–Trinajstić information content (AvgIpc) is 2.27. The molecule has 0 radical (unpaired) electrons. The number of carbonyl (C=O) groups is 1. The minimum absolute atomic E-state index is 0.0771. The van der Waals surface area contributed by atoms with Crippen molar-refractivity contribution in [2.75, 3.05) is 6.54 Å². The third-order valence-corrected chi connectivity index (χ3v) is 3.57. The fourth-order valence-electron chi connectivity index (χ4n) is 2.43. The van der Waals surface area contributed by atoms with Gasteiger partial charge in [-0.05, 0) is 39.0 Å². The van der Waals surface area contributed by atoms with Gasteiger partial charge < -0.3 is 16.2 Å². The highest BCUT2D eigenvalue weighted by Crippen LogP contribution is 2.23. The van der Waals surface area contributed by atoms with Gasteiger partial charge in [0.2, 0.25) is 5.91 Å². The second-order valence-electron chi connectivity index (χ2n) is 5.58. The molecule has 1 saturated carbocycles. The minimum Gasteiger partial charge on any atom is -0.388 e. The molecular weight excluding hydrogens is 216 g/mol. The van der Waals surface area contributed by atoms with E-state index in [1.165, 1.54) is 0 Å². The first-order chi connectivity index (χ1) is 7.94. The van der Waals surface area contributed by atoms with Crippen LogP contribution < -0.4 is 11.1 Å². The number of amides is 1. The minimum atomic E-state index is -0.782. The van der Waals surface area contributed by atoms with Crippen molar-refractivity contribution in [1.29, 1.82) is 0 Å². The van der Waals surface area contributed by atoms with Crippen molar-refractivity contribution in [3.63, 3.8) is 0 Å². The maximum atomic E-state index is 11.9. The Kier molecular flexibility index (Phi) is 5.40. The molecule has 1 unspecified atom stereocenters. The number of nitrogens with two attached hydrogens (primary N) is 1. The maximum Gasteiger partial charge on any atom is 0.223 e. The normalized spacial score (nSPS) is 28.5. The summed E-state index contributed by atoms with van der Waals surface area (Å²) in [5, 5.41) is 12.8. The summed E-state index contributed by atoms with van der Waals surface area (Å²) >= 11 is 0. The van der Waals surface area contributed by atoms with Gasteiger partial charge in [-0.3, -0.25) is 4.79 Å². The smallest absolute Gasteiger partial charge is 0.223 e. The van der Waals surface area contributed by atoms with E-state index in [1.807, 2.05) is 6.92 Å².